The summed E-state index contributed by atoms with van der Waals surface area (Å²) in [6, 6.07) is 13.0. The van der Waals surface area contributed by atoms with E-state index in [-0.39, 0.29) is 0 Å². The molecule has 0 aliphatic heterocycles. The van der Waals surface area contributed by atoms with Crippen molar-refractivity contribution >= 4 is 27.4 Å². The molecule has 0 radical (unpaired) electrons. The highest BCUT2D eigenvalue weighted by Gasteiger charge is 2.37. The second kappa shape index (κ2) is 5.93. The SMILES string of the molecule is CCc1nc(NC[C@H]2C[C@@H]2c2ccccc2)c2cc(C)sc2n1. The maximum atomic E-state index is 4.71. The lowest BCUT2D eigenvalue weighted by atomic mass is 10.1. The van der Waals surface area contributed by atoms with Gasteiger partial charge < -0.3 is 5.32 Å². The summed E-state index contributed by atoms with van der Waals surface area (Å²) in [5, 5.41) is 4.76. The van der Waals surface area contributed by atoms with E-state index in [1.54, 1.807) is 11.3 Å². The van der Waals surface area contributed by atoms with Crippen molar-refractivity contribution in [2.75, 3.05) is 11.9 Å². The van der Waals surface area contributed by atoms with Gasteiger partial charge in [0.25, 0.3) is 0 Å². The van der Waals surface area contributed by atoms with Crippen molar-refractivity contribution in [3.63, 3.8) is 0 Å². The van der Waals surface area contributed by atoms with Crippen LogP contribution >= 0.6 is 11.3 Å². The van der Waals surface area contributed by atoms with Gasteiger partial charge in [0, 0.05) is 17.8 Å². The molecule has 3 nitrogen and oxygen atoms in total. The minimum atomic E-state index is 0.705. The highest BCUT2D eigenvalue weighted by molar-refractivity contribution is 7.18. The lowest BCUT2D eigenvalue weighted by molar-refractivity contribution is 0.837. The molecule has 4 rings (SSSR count). The number of rotatable bonds is 5. The average Bonchev–Trinajstić information content (AvgIpc) is 3.26. The Bertz CT molecular complexity index is 825. The number of thiophene rings is 1. The lowest BCUT2D eigenvalue weighted by Crippen LogP contribution is -2.08. The molecule has 0 bridgehead atoms. The molecule has 1 aliphatic rings. The van der Waals surface area contributed by atoms with Gasteiger partial charge in [-0.2, -0.15) is 0 Å². The summed E-state index contributed by atoms with van der Waals surface area (Å²) in [4.78, 5) is 11.8. The van der Waals surface area contributed by atoms with Crippen molar-refractivity contribution in [2.45, 2.75) is 32.6 Å². The highest BCUT2D eigenvalue weighted by Crippen LogP contribution is 2.47. The van der Waals surface area contributed by atoms with E-state index in [2.05, 4.69) is 60.5 Å². The third-order valence-electron chi connectivity index (χ3n) is 4.56. The number of hydrogen-bond donors (Lipinski definition) is 1. The molecule has 4 heteroatoms. The quantitative estimate of drug-likeness (QED) is 0.734. The van der Waals surface area contributed by atoms with Crippen molar-refractivity contribution in [3.05, 3.63) is 52.7 Å². The van der Waals surface area contributed by atoms with Crippen LogP contribution in [0, 0.1) is 12.8 Å². The van der Waals surface area contributed by atoms with Gasteiger partial charge in [-0.25, -0.2) is 9.97 Å². The molecule has 1 N–H and O–H groups in total. The molecular weight excluding hydrogens is 302 g/mol. The summed E-state index contributed by atoms with van der Waals surface area (Å²) in [5.74, 6) is 3.36. The van der Waals surface area contributed by atoms with Crippen LogP contribution in [0.5, 0.6) is 0 Å². The molecule has 118 valence electrons. The molecule has 0 unspecified atom stereocenters. The summed E-state index contributed by atoms with van der Waals surface area (Å²) >= 11 is 1.75. The highest BCUT2D eigenvalue weighted by atomic mass is 32.1. The fraction of sp³-hybridized carbons (Fsp3) is 0.368. The molecule has 3 aromatic rings. The fourth-order valence-electron chi connectivity index (χ4n) is 3.19. The summed E-state index contributed by atoms with van der Waals surface area (Å²) < 4.78 is 0. The number of nitrogens with one attached hydrogen (secondary N) is 1. The number of nitrogens with zero attached hydrogens (tertiary/aromatic N) is 2. The predicted molar refractivity (Wildman–Crippen MR) is 97.3 cm³/mol. The van der Waals surface area contributed by atoms with Crippen molar-refractivity contribution < 1.29 is 0 Å². The number of aromatic nitrogens is 2. The molecule has 1 fully saturated rings. The Morgan fingerprint density at radius 2 is 2.04 bits per heavy atom. The van der Waals surface area contributed by atoms with Crippen molar-refractivity contribution in [1.82, 2.24) is 9.97 Å². The monoisotopic (exact) mass is 323 g/mol. The van der Waals surface area contributed by atoms with Crippen LogP contribution in [0.2, 0.25) is 0 Å². The molecular formula is C19H21N3S. The summed E-state index contributed by atoms with van der Waals surface area (Å²) in [5.41, 5.74) is 1.47. The second-order valence-corrected chi connectivity index (χ2v) is 7.55. The molecule has 1 saturated carbocycles. The van der Waals surface area contributed by atoms with E-state index in [0.717, 1.165) is 29.4 Å². The molecule has 2 heterocycles. The number of benzene rings is 1. The van der Waals surface area contributed by atoms with Crippen LogP contribution in [0.15, 0.2) is 36.4 Å². The topological polar surface area (TPSA) is 37.8 Å². The van der Waals surface area contributed by atoms with Gasteiger partial charge in [-0.05, 0) is 36.8 Å². The van der Waals surface area contributed by atoms with Gasteiger partial charge >= 0.3 is 0 Å². The average molecular weight is 323 g/mol. The molecule has 2 aromatic heterocycles. The maximum absolute atomic E-state index is 4.71. The summed E-state index contributed by atoms with van der Waals surface area (Å²) in [7, 11) is 0. The second-order valence-electron chi connectivity index (χ2n) is 6.31. The van der Waals surface area contributed by atoms with Gasteiger partial charge in [0.2, 0.25) is 0 Å². The standard InChI is InChI=1S/C19H21N3S/c1-3-17-21-18(16-9-12(2)23-19(16)22-17)20-11-14-10-15(14)13-7-5-4-6-8-13/h4-9,14-15H,3,10-11H2,1-2H3,(H,20,21,22)/t14-,15-/m1/s1. The number of fused-ring (bicyclic) bond motifs is 1. The van der Waals surface area contributed by atoms with Crippen molar-refractivity contribution in [2.24, 2.45) is 5.92 Å². The molecule has 1 aliphatic carbocycles. The lowest BCUT2D eigenvalue weighted by Gasteiger charge is -2.08. The minimum absolute atomic E-state index is 0.705. The molecule has 0 saturated heterocycles. The Morgan fingerprint density at radius 1 is 1.22 bits per heavy atom. The van der Waals surface area contributed by atoms with E-state index >= 15 is 0 Å². The molecule has 2 atom stereocenters. The minimum Gasteiger partial charge on any atom is -0.369 e. The number of anilines is 1. The first-order valence-electron chi connectivity index (χ1n) is 8.30. The van der Waals surface area contributed by atoms with Crippen LogP contribution < -0.4 is 5.32 Å². The predicted octanol–water partition coefficient (Wildman–Crippen LogP) is 4.78. The van der Waals surface area contributed by atoms with Crippen LogP contribution in [0.3, 0.4) is 0 Å². The van der Waals surface area contributed by atoms with Gasteiger partial charge in [0.1, 0.15) is 16.5 Å². The van der Waals surface area contributed by atoms with E-state index in [9.17, 15) is 0 Å². The van der Waals surface area contributed by atoms with E-state index < -0.39 is 0 Å². The van der Waals surface area contributed by atoms with E-state index in [1.165, 1.54) is 22.2 Å². The number of hydrogen-bond acceptors (Lipinski definition) is 4. The summed E-state index contributed by atoms with van der Waals surface area (Å²) in [6.07, 6.45) is 2.15. The van der Waals surface area contributed by atoms with Crippen LogP contribution in [-0.4, -0.2) is 16.5 Å². The molecule has 23 heavy (non-hydrogen) atoms. The van der Waals surface area contributed by atoms with Crippen molar-refractivity contribution in [1.29, 1.82) is 0 Å². The van der Waals surface area contributed by atoms with E-state index in [4.69, 9.17) is 4.98 Å². The Labute approximate surface area is 140 Å². The Balaban J connectivity index is 1.50. The normalized spacial score (nSPS) is 19.9. The Hall–Kier alpha value is -1.94. The van der Waals surface area contributed by atoms with E-state index in [1.807, 2.05) is 0 Å². The van der Waals surface area contributed by atoms with Gasteiger partial charge in [0.15, 0.2) is 0 Å². The van der Waals surface area contributed by atoms with Gasteiger partial charge in [-0.15, -0.1) is 11.3 Å². The van der Waals surface area contributed by atoms with E-state index in [0.29, 0.717) is 11.8 Å². The summed E-state index contributed by atoms with van der Waals surface area (Å²) in [6.45, 7) is 5.23. The zero-order valence-corrected chi connectivity index (χ0v) is 14.4. The fourth-order valence-corrected chi connectivity index (χ4v) is 4.09. The largest absolute Gasteiger partial charge is 0.369 e. The first-order chi connectivity index (χ1) is 11.2. The first-order valence-corrected chi connectivity index (χ1v) is 9.12. The zero-order chi connectivity index (χ0) is 15.8. The third kappa shape index (κ3) is 2.95. The Kier molecular flexibility index (Phi) is 3.77. The van der Waals surface area contributed by atoms with Crippen LogP contribution in [0.4, 0.5) is 5.82 Å². The number of aryl methyl sites for hydroxylation is 2. The van der Waals surface area contributed by atoms with Gasteiger partial charge in [-0.1, -0.05) is 37.3 Å². The molecule has 0 amide bonds. The van der Waals surface area contributed by atoms with Crippen molar-refractivity contribution in [3.8, 4) is 0 Å². The smallest absolute Gasteiger partial charge is 0.138 e. The first kappa shape index (κ1) is 14.6. The molecule has 1 aromatic carbocycles. The van der Waals surface area contributed by atoms with Crippen LogP contribution in [0.25, 0.3) is 10.2 Å². The zero-order valence-electron chi connectivity index (χ0n) is 13.5. The molecule has 0 spiro atoms. The van der Waals surface area contributed by atoms with Gasteiger partial charge in [0.05, 0.1) is 5.39 Å². The van der Waals surface area contributed by atoms with Gasteiger partial charge in [-0.3, -0.25) is 0 Å². The van der Waals surface area contributed by atoms with Crippen LogP contribution in [-0.2, 0) is 6.42 Å². The van der Waals surface area contributed by atoms with Crippen LogP contribution in [0.1, 0.15) is 35.5 Å². The Morgan fingerprint density at radius 3 is 2.83 bits per heavy atom. The third-order valence-corrected chi connectivity index (χ3v) is 5.50. The maximum Gasteiger partial charge on any atom is 0.138 e.